The minimum absolute atomic E-state index is 0.396. The first kappa shape index (κ1) is 21.3. The maximum Gasteiger partial charge on any atom is 0.496 e. The van der Waals surface area contributed by atoms with E-state index in [2.05, 4.69) is 16.1 Å². The molecule has 0 bridgehead atoms. The first-order chi connectivity index (χ1) is 13.7. The molecule has 6 nitrogen and oxygen atoms in total. The van der Waals surface area contributed by atoms with Gasteiger partial charge in [0.2, 0.25) is 0 Å². The third-order valence-corrected chi connectivity index (χ3v) is 5.59. The summed E-state index contributed by atoms with van der Waals surface area (Å²) in [6.45, 7) is 12.2. The Kier molecular flexibility index (Phi) is 5.74. The molecule has 29 heavy (non-hydrogen) atoms. The fourth-order valence-electron chi connectivity index (χ4n) is 3.30. The molecule has 0 saturated carbocycles. The summed E-state index contributed by atoms with van der Waals surface area (Å²) in [5.74, 6) is 0.776. The molecule has 0 amide bonds. The lowest BCUT2D eigenvalue weighted by molar-refractivity contribution is 0.00578. The molecule has 0 spiro atoms. The van der Waals surface area contributed by atoms with Gasteiger partial charge in [-0.25, -0.2) is 9.67 Å². The number of nitrogens with zero attached hydrogens (tertiary/aromatic N) is 3. The van der Waals surface area contributed by atoms with Crippen LogP contribution in [0.25, 0.3) is 22.3 Å². The smallest absolute Gasteiger partial charge is 0.496 e. The van der Waals surface area contributed by atoms with Crippen LogP contribution in [0.5, 0.6) is 5.75 Å². The number of aromatic nitrogens is 3. The quantitative estimate of drug-likeness (QED) is 0.628. The van der Waals surface area contributed by atoms with Gasteiger partial charge in [0.15, 0.2) is 5.65 Å². The summed E-state index contributed by atoms with van der Waals surface area (Å²) in [5, 5.41) is 5.63. The molecule has 0 N–H and O–H groups in total. The van der Waals surface area contributed by atoms with Crippen LogP contribution in [-0.2, 0) is 16.4 Å². The number of methoxy groups -OCH3 is 1. The Morgan fingerprint density at radius 1 is 1.03 bits per heavy atom. The fraction of sp³-hybridized carbons (Fsp3) is 0.455. The van der Waals surface area contributed by atoms with E-state index in [0.29, 0.717) is 0 Å². The number of hydrogen-bond acceptors (Lipinski definition) is 5. The number of pyridine rings is 1. The van der Waals surface area contributed by atoms with E-state index in [1.54, 1.807) is 18.0 Å². The minimum atomic E-state index is -0.461. The second-order valence-corrected chi connectivity index (χ2v) is 7.90. The van der Waals surface area contributed by atoms with E-state index in [1.165, 1.54) is 0 Å². The number of ether oxygens (including phenoxy) is 1. The largest absolute Gasteiger partial charge is 0.496 e. The Morgan fingerprint density at radius 3 is 2.28 bits per heavy atom. The maximum atomic E-state index is 6.18. The topological polar surface area (TPSA) is 58.4 Å². The second-order valence-electron chi connectivity index (χ2n) is 7.90. The van der Waals surface area contributed by atoms with Gasteiger partial charge in [-0.1, -0.05) is 26.0 Å². The summed E-state index contributed by atoms with van der Waals surface area (Å²) < 4.78 is 19.7. The van der Waals surface area contributed by atoms with Crippen molar-refractivity contribution in [1.82, 2.24) is 14.8 Å². The molecule has 1 aliphatic heterocycles. The summed E-state index contributed by atoms with van der Waals surface area (Å²) in [5.41, 5.74) is 2.65. The average molecular weight is 395 g/mol. The summed E-state index contributed by atoms with van der Waals surface area (Å²) in [6.07, 6.45) is 1.80. The van der Waals surface area contributed by atoms with Crippen molar-refractivity contribution >= 4 is 23.6 Å². The van der Waals surface area contributed by atoms with Crippen molar-refractivity contribution < 1.29 is 14.0 Å². The van der Waals surface area contributed by atoms with Crippen LogP contribution in [0.3, 0.4) is 0 Å². The highest BCUT2D eigenvalue weighted by atomic mass is 16.7. The maximum absolute atomic E-state index is 6.18. The predicted molar refractivity (Wildman–Crippen MR) is 118 cm³/mol. The van der Waals surface area contributed by atoms with Gasteiger partial charge in [-0.05, 0) is 45.9 Å². The number of para-hydroxylation sites is 1. The van der Waals surface area contributed by atoms with Crippen molar-refractivity contribution in [3.63, 3.8) is 0 Å². The minimum Gasteiger partial charge on any atom is -0.496 e. The van der Waals surface area contributed by atoms with E-state index in [0.717, 1.165) is 33.5 Å². The molecule has 4 rings (SSSR count). The normalized spacial score (nSPS) is 17.2. The molecule has 0 radical (unpaired) electrons. The number of benzene rings is 1. The van der Waals surface area contributed by atoms with Gasteiger partial charge in [0.05, 0.1) is 18.3 Å². The molecular weight excluding hydrogens is 365 g/mol. The molecule has 3 heterocycles. The molecule has 154 valence electrons. The van der Waals surface area contributed by atoms with Crippen LogP contribution in [0.15, 0.2) is 36.5 Å². The Labute approximate surface area is 173 Å². The number of aryl methyl sites for hydroxylation is 1. The lowest BCUT2D eigenvalue weighted by Gasteiger charge is -2.32. The highest BCUT2D eigenvalue weighted by Crippen LogP contribution is 2.37. The van der Waals surface area contributed by atoms with Crippen LogP contribution in [0.4, 0.5) is 0 Å². The van der Waals surface area contributed by atoms with E-state index < -0.39 is 18.3 Å². The molecule has 1 aliphatic rings. The van der Waals surface area contributed by atoms with Gasteiger partial charge in [0.1, 0.15) is 11.4 Å². The van der Waals surface area contributed by atoms with E-state index in [1.807, 2.05) is 72.9 Å². The third-order valence-electron chi connectivity index (χ3n) is 5.59. The molecule has 2 aromatic heterocycles. The third kappa shape index (κ3) is 3.65. The first-order valence-corrected chi connectivity index (χ1v) is 10.1. The molecule has 1 aromatic carbocycles. The van der Waals surface area contributed by atoms with Crippen molar-refractivity contribution in [2.24, 2.45) is 7.05 Å². The highest BCUT2D eigenvalue weighted by molar-refractivity contribution is 6.62. The molecule has 7 heteroatoms. The van der Waals surface area contributed by atoms with E-state index >= 15 is 0 Å². The van der Waals surface area contributed by atoms with Crippen molar-refractivity contribution in [2.45, 2.75) is 52.7 Å². The molecule has 3 aromatic rings. The van der Waals surface area contributed by atoms with Crippen LogP contribution >= 0.6 is 0 Å². The molecule has 1 fully saturated rings. The highest BCUT2D eigenvalue weighted by Gasteiger charge is 2.51. The van der Waals surface area contributed by atoms with Crippen LogP contribution in [0.1, 0.15) is 41.5 Å². The monoisotopic (exact) mass is 395 g/mol. The van der Waals surface area contributed by atoms with Gasteiger partial charge in [0.25, 0.3) is 0 Å². The Hall–Kier alpha value is -2.38. The standard InChI is InChI=1S/C20H24BN3O3.C2H6/c1-19(2)20(3,4)27-21(26-19)13-11-15-17(23-24(5)18(15)22-12-13)14-9-7-8-10-16(14)25-6;1-2/h7-12H,1-6H3;1-2H3. The Balaban J connectivity index is 0.00000117. The van der Waals surface area contributed by atoms with Gasteiger partial charge in [-0.3, -0.25) is 0 Å². The summed E-state index contributed by atoms with van der Waals surface area (Å²) in [4.78, 5) is 4.62. The zero-order chi connectivity index (χ0) is 21.4. The van der Waals surface area contributed by atoms with Crippen molar-refractivity contribution in [3.8, 4) is 17.0 Å². The van der Waals surface area contributed by atoms with Gasteiger partial charge < -0.3 is 14.0 Å². The van der Waals surface area contributed by atoms with Gasteiger partial charge in [-0.15, -0.1) is 0 Å². The number of hydrogen-bond donors (Lipinski definition) is 0. The van der Waals surface area contributed by atoms with Crippen molar-refractivity contribution in [1.29, 1.82) is 0 Å². The molecule has 1 saturated heterocycles. The fourth-order valence-corrected chi connectivity index (χ4v) is 3.30. The van der Waals surface area contributed by atoms with Gasteiger partial charge in [0, 0.05) is 29.7 Å². The lowest BCUT2D eigenvalue weighted by atomic mass is 9.80. The van der Waals surface area contributed by atoms with Crippen LogP contribution < -0.4 is 10.2 Å². The number of fused-ring (bicyclic) bond motifs is 1. The lowest BCUT2D eigenvalue weighted by Crippen LogP contribution is -2.41. The van der Waals surface area contributed by atoms with Crippen LogP contribution in [0.2, 0.25) is 0 Å². The number of rotatable bonds is 3. The SMILES string of the molecule is CC.COc1ccccc1-c1nn(C)c2ncc(B3OC(C)(C)C(C)(C)O3)cc12. The van der Waals surface area contributed by atoms with Crippen LogP contribution in [-0.4, -0.2) is 40.2 Å². The van der Waals surface area contributed by atoms with Gasteiger partial charge >= 0.3 is 7.12 Å². The van der Waals surface area contributed by atoms with E-state index in [9.17, 15) is 0 Å². The summed E-state index contributed by atoms with van der Waals surface area (Å²) in [6, 6.07) is 9.91. The van der Waals surface area contributed by atoms with E-state index in [4.69, 9.17) is 14.0 Å². The summed E-state index contributed by atoms with van der Waals surface area (Å²) in [7, 11) is 3.10. The molecular formula is C22H30BN3O3. The van der Waals surface area contributed by atoms with E-state index in [-0.39, 0.29) is 0 Å². The summed E-state index contributed by atoms with van der Waals surface area (Å²) >= 11 is 0. The van der Waals surface area contributed by atoms with Crippen LogP contribution in [0, 0.1) is 0 Å². The molecule has 0 unspecified atom stereocenters. The molecule has 0 aliphatic carbocycles. The zero-order valence-corrected chi connectivity index (χ0v) is 18.6. The average Bonchev–Trinajstić information content (AvgIpc) is 3.15. The molecule has 0 atom stereocenters. The zero-order valence-electron chi connectivity index (χ0n) is 18.6. The second kappa shape index (κ2) is 7.80. The van der Waals surface area contributed by atoms with Crippen molar-refractivity contribution in [2.75, 3.05) is 7.11 Å². The van der Waals surface area contributed by atoms with Gasteiger partial charge in [-0.2, -0.15) is 5.10 Å². The Morgan fingerprint density at radius 2 is 1.66 bits per heavy atom. The first-order valence-electron chi connectivity index (χ1n) is 10.1. The Bertz CT molecular complexity index is 998. The predicted octanol–water partition coefficient (Wildman–Crippen LogP) is 3.97. The van der Waals surface area contributed by atoms with Crippen molar-refractivity contribution in [3.05, 3.63) is 36.5 Å².